The fourth-order valence-corrected chi connectivity index (χ4v) is 0.576. The van der Waals surface area contributed by atoms with Crippen LogP contribution in [0, 0.1) is 0 Å². The average molecular weight is 196 g/mol. The molecular formula is C5H12N2O4S. The molecule has 0 aromatic carbocycles. The van der Waals surface area contributed by atoms with E-state index in [0.29, 0.717) is 0 Å². The normalized spacial score (nSPS) is 13.2. The minimum absolute atomic E-state index is 0.170. The molecule has 0 aromatic rings. The highest BCUT2D eigenvalue weighted by Crippen LogP contribution is 1.91. The zero-order chi connectivity index (χ0) is 9.78. The van der Waals surface area contributed by atoms with Crippen LogP contribution in [0.2, 0.25) is 0 Å². The third kappa shape index (κ3) is 7.13. The van der Waals surface area contributed by atoms with Crippen molar-refractivity contribution in [1.29, 1.82) is 0 Å². The summed E-state index contributed by atoms with van der Waals surface area (Å²) in [4.78, 5) is 0. The zero-order valence-corrected chi connectivity index (χ0v) is 7.96. The monoisotopic (exact) mass is 196 g/mol. The molecule has 6 nitrogen and oxygen atoms in total. The van der Waals surface area contributed by atoms with Crippen LogP contribution in [0.5, 0.6) is 0 Å². The predicted octanol–water partition coefficient (Wildman–Crippen LogP) is -0.383. The maximum atomic E-state index is 10.4. The van der Waals surface area contributed by atoms with Gasteiger partial charge in [0.2, 0.25) is 0 Å². The molecule has 0 saturated heterocycles. The molecule has 0 spiro atoms. The Labute approximate surface area is 71.4 Å². The van der Waals surface area contributed by atoms with Crippen molar-refractivity contribution in [1.82, 2.24) is 0 Å². The molecule has 0 bridgehead atoms. The molecule has 0 fully saturated rings. The molecule has 0 rings (SSSR count). The molecule has 12 heavy (non-hydrogen) atoms. The summed E-state index contributed by atoms with van der Waals surface area (Å²) in [5.74, 6) is 0. The third-order valence-electron chi connectivity index (χ3n) is 0.619. The van der Waals surface area contributed by atoms with Gasteiger partial charge in [0.1, 0.15) is 0 Å². The molecule has 2 N–H and O–H groups in total. The van der Waals surface area contributed by atoms with Crippen LogP contribution < -0.4 is 5.73 Å². The van der Waals surface area contributed by atoms with Crippen LogP contribution in [-0.2, 0) is 19.1 Å². The zero-order valence-electron chi connectivity index (χ0n) is 7.14. The first-order valence-electron chi connectivity index (χ1n) is 3.20. The summed E-state index contributed by atoms with van der Waals surface area (Å²) >= 11 is 0. The SMILES string of the molecule is CC(C)O/C(N)=N/OS(C)(=O)=O. The van der Waals surface area contributed by atoms with Crippen LogP contribution in [0.4, 0.5) is 0 Å². The largest absolute Gasteiger partial charge is 0.461 e. The fourth-order valence-electron chi connectivity index (χ4n) is 0.367. The number of hydrogen-bond acceptors (Lipinski definition) is 5. The second kappa shape index (κ2) is 4.15. The highest BCUT2D eigenvalue weighted by atomic mass is 32.2. The maximum Gasteiger partial charge on any atom is 0.325 e. The van der Waals surface area contributed by atoms with E-state index in [-0.39, 0.29) is 12.1 Å². The van der Waals surface area contributed by atoms with Gasteiger partial charge >= 0.3 is 16.1 Å². The maximum absolute atomic E-state index is 10.4. The molecule has 0 unspecified atom stereocenters. The molecule has 0 aliphatic carbocycles. The van der Waals surface area contributed by atoms with Gasteiger partial charge in [0.15, 0.2) is 0 Å². The van der Waals surface area contributed by atoms with E-state index in [1.807, 2.05) is 0 Å². The van der Waals surface area contributed by atoms with Gasteiger partial charge in [0.05, 0.1) is 12.4 Å². The van der Waals surface area contributed by atoms with Crippen LogP contribution in [0.3, 0.4) is 0 Å². The molecule has 0 aliphatic heterocycles. The van der Waals surface area contributed by atoms with Gasteiger partial charge in [-0.15, -0.1) is 0 Å². The Morgan fingerprint density at radius 1 is 1.50 bits per heavy atom. The Bertz CT molecular complexity index is 257. The van der Waals surface area contributed by atoms with Gasteiger partial charge in [-0.3, -0.25) is 4.28 Å². The van der Waals surface area contributed by atoms with E-state index in [2.05, 4.69) is 9.44 Å². The lowest BCUT2D eigenvalue weighted by Gasteiger charge is -2.06. The summed E-state index contributed by atoms with van der Waals surface area (Å²) in [6.45, 7) is 3.45. The van der Waals surface area contributed by atoms with E-state index in [0.717, 1.165) is 6.26 Å². The molecule has 0 saturated carbocycles. The third-order valence-corrected chi connectivity index (χ3v) is 0.964. The summed E-state index contributed by atoms with van der Waals surface area (Å²) in [6, 6.07) is -0.310. The van der Waals surface area contributed by atoms with E-state index in [4.69, 9.17) is 10.5 Å². The first-order chi connectivity index (χ1) is 5.31. The van der Waals surface area contributed by atoms with Crippen molar-refractivity contribution in [3.05, 3.63) is 0 Å². The summed E-state index contributed by atoms with van der Waals surface area (Å²) in [6.07, 6.45) is 0.691. The molecule has 0 atom stereocenters. The Morgan fingerprint density at radius 3 is 2.33 bits per heavy atom. The van der Waals surface area contributed by atoms with Gasteiger partial charge in [0.25, 0.3) is 0 Å². The van der Waals surface area contributed by atoms with Crippen molar-refractivity contribution in [2.24, 2.45) is 10.9 Å². The lowest BCUT2D eigenvalue weighted by molar-refractivity contribution is 0.207. The van der Waals surface area contributed by atoms with Crippen molar-refractivity contribution in [3.63, 3.8) is 0 Å². The predicted molar refractivity (Wildman–Crippen MR) is 43.8 cm³/mol. The first kappa shape index (κ1) is 11.0. The highest BCUT2D eigenvalue weighted by Gasteiger charge is 2.02. The van der Waals surface area contributed by atoms with Gasteiger partial charge in [-0.05, 0) is 19.0 Å². The summed E-state index contributed by atoms with van der Waals surface area (Å²) < 4.78 is 29.5. The highest BCUT2D eigenvalue weighted by molar-refractivity contribution is 7.85. The molecule has 7 heteroatoms. The Morgan fingerprint density at radius 2 is 2.00 bits per heavy atom. The van der Waals surface area contributed by atoms with Crippen molar-refractivity contribution in [3.8, 4) is 0 Å². The van der Waals surface area contributed by atoms with Gasteiger partial charge in [-0.25, -0.2) is 0 Å². The molecule has 0 aliphatic rings. The smallest absolute Gasteiger partial charge is 0.325 e. The van der Waals surface area contributed by atoms with Gasteiger partial charge in [0, 0.05) is 0 Å². The minimum atomic E-state index is -3.60. The summed E-state index contributed by atoms with van der Waals surface area (Å²) in [5.41, 5.74) is 5.12. The molecular weight excluding hydrogens is 184 g/mol. The summed E-state index contributed by atoms with van der Waals surface area (Å²) in [5, 5.41) is 3.02. The number of hydrogen-bond donors (Lipinski definition) is 1. The number of rotatable bonds is 3. The van der Waals surface area contributed by atoms with E-state index in [1.54, 1.807) is 13.8 Å². The van der Waals surface area contributed by atoms with E-state index >= 15 is 0 Å². The van der Waals surface area contributed by atoms with Crippen LogP contribution in [0.15, 0.2) is 5.16 Å². The van der Waals surface area contributed by atoms with Gasteiger partial charge in [-0.2, -0.15) is 8.42 Å². The van der Waals surface area contributed by atoms with Crippen LogP contribution in [-0.4, -0.2) is 26.8 Å². The number of ether oxygens (including phenoxy) is 1. The van der Waals surface area contributed by atoms with Gasteiger partial charge in [-0.1, -0.05) is 0 Å². The molecule has 0 amide bonds. The minimum Gasteiger partial charge on any atom is -0.461 e. The van der Waals surface area contributed by atoms with Crippen LogP contribution in [0.25, 0.3) is 0 Å². The first-order valence-corrected chi connectivity index (χ1v) is 5.01. The lowest BCUT2D eigenvalue weighted by Crippen LogP contribution is -2.21. The Kier molecular flexibility index (Phi) is 3.81. The quantitative estimate of drug-likeness (QED) is 0.377. The molecule has 72 valence electrons. The molecule has 0 heterocycles. The van der Waals surface area contributed by atoms with Gasteiger partial charge < -0.3 is 10.5 Å². The van der Waals surface area contributed by atoms with E-state index < -0.39 is 10.1 Å². The average Bonchev–Trinajstić information content (AvgIpc) is 1.80. The number of nitrogens with zero attached hydrogens (tertiary/aromatic N) is 1. The number of amidine groups is 1. The van der Waals surface area contributed by atoms with E-state index in [1.165, 1.54) is 0 Å². The van der Waals surface area contributed by atoms with Crippen molar-refractivity contribution < 1.29 is 17.4 Å². The van der Waals surface area contributed by atoms with E-state index in [9.17, 15) is 8.42 Å². The number of oxime groups is 1. The van der Waals surface area contributed by atoms with Crippen molar-refractivity contribution >= 4 is 16.1 Å². The summed E-state index contributed by atoms with van der Waals surface area (Å²) in [7, 11) is -3.60. The lowest BCUT2D eigenvalue weighted by atomic mass is 10.5. The second-order valence-electron chi connectivity index (χ2n) is 2.37. The molecule has 0 aromatic heterocycles. The van der Waals surface area contributed by atoms with Crippen LogP contribution >= 0.6 is 0 Å². The second-order valence-corrected chi connectivity index (χ2v) is 3.93. The fraction of sp³-hybridized carbons (Fsp3) is 0.800. The Hall–Kier alpha value is -0.980. The van der Waals surface area contributed by atoms with Crippen molar-refractivity contribution in [2.45, 2.75) is 20.0 Å². The standard InChI is InChI=1S/C5H12N2O4S/c1-4(2)10-5(6)7-11-12(3,8)9/h4H,1-3H3,(H2,6,7). The topological polar surface area (TPSA) is 91.0 Å². The van der Waals surface area contributed by atoms with Crippen LogP contribution in [0.1, 0.15) is 13.8 Å². The molecule has 0 radical (unpaired) electrons. The van der Waals surface area contributed by atoms with Crippen molar-refractivity contribution in [2.75, 3.05) is 6.26 Å². The number of nitrogens with two attached hydrogens (primary N) is 1. The Balaban J connectivity index is 4.02.